The minimum atomic E-state index is -0.0661. The predicted molar refractivity (Wildman–Crippen MR) is 56.1 cm³/mol. The fraction of sp³-hybridized carbons (Fsp3) is 0.500. The van der Waals surface area contributed by atoms with Gasteiger partial charge in [0.2, 0.25) is 5.91 Å². The van der Waals surface area contributed by atoms with E-state index in [-0.39, 0.29) is 5.91 Å². The van der Waals surface area contributed by atoms with E-state index in [1.165, 1.54) is 31.1 Å². The standard InChI is InChI=1S/C8H9BrN2OS/c1-4(12)10-8-11-6(5-2-3-5)7(9)13-8/h5H,2-3H2,1H3,(H,10,11,12). The number of nitrogens with one attached hydrogen (secondary N) is 1. The van der Waals surface area contributed by atoms with Crippen molar-refractivity contribution in [3.8, 4) is 0 Å². The molecule has 1 saturated carbocycles. The molecule has 2 rings (SSSR count). The zero-order valence-corrected chi connectivity index (χ0v) is 9.54. The lowest BCUT2D eigenvalue weighted by molar-refractivity contribution is -0.114. The van der Waals surface area contributed by atoms with E-state index in [4.69, 9.17) is 0 Å². The van der Waals surface area contributed by atoms with Crippen LogP contribution in [0.3, 0.4) is 0 Å². The molecule has 1 aromatic heterocycles. The van der Waals surface area contributed by atoms with Crippen molar-refractivity contribution in [3.05, 3.63) is 9.48 Å². The summed E-state index contributed by atoms with van der Waals surface area (Å²) in [6.45, 7) is 1.49. The Hall–Kier alpha value is -0.420. The molecule has 5 heteroatoms. The first-order valence-electron chi connectivity index (χ1n) is 4.10. The van der Waals surface area contributed by atoms with Crippen LogP contribution in [-0.4, -0.2) is 10.9 Å². The Bertz CT molecular complexity index is 346. The average Bonchev–Trinajstić information content (AvgIpc) is 2.77. The molecule has 0 aromatic carbocycles. The van der Waals surface area contributed by atoms with E-state index >= 15 is 0 Å². The molecule has 0 aliphatic heterocycles. The topological polar surface area (TPSA) is 42.0 Å². The van der Waals surface area contributed by atoms with Crippen LogP contribution in [0.5, 0.6) is 0 Å². The van der Waals surface area contributed by atoms with Crippen LogP contribution in [0.4, 0.5) is 5.13 Å². The number of carbonyl (C=O) groups is 1. The first kappa shape index (κ1) is 9.15. The van der Waals surface area contributed by atoms with Gasteiger partial charge in [-0.1, -0.05) is 11.3 Å². The average molecular weight is 261 g/mol. The Labute approximate surface area is 88.7 Å². The van der Waals surface area contributed by atoms with Gasteiger partial charge in [0.25, 0.3) is 0 Å². The van der Waals surface area contributed by atoms with Gasteiger partial charge in [-0.15, -0.1) is 0 Å². The molecule has 0 spiro atoms. The van der Waals surface area contributed by atoms with Crippen LogP contribution in [0.15, 0.2) is 3.79 Å². The summed E-state index contributed by atoms with van der Waals surface area (Å²) in [6, 6.07) is 0. The largest absolute Gasteiger partial charge is 0.302 e. The summed E-state index contributed by atoms with van der Waals surface area (Å²) in [5, 5.41) is 3.38. The lowest BCUT2D eigenvalue weighted by Crippen LogP contribution is -2.05. The monoisotopic (exact) mass is 260 g/mol. The molecular weight excluding hydrogens is 252 g/mol. The molecule has 1 heterocycles. The summed E-state index contributed by atoms with van der Waals surface area (Å²) in [6.07, 6.45) is 2.45. The van der Waals surface area contributed by atoms with Gasteiger partial charge < -0.3 is 5.32 Å². The van der Waals surface area contributed by atoms with Crippen molar-refractivity contribution in [1.29, 1.82) is 0 Å². The molecule has 0 bridgehead atoms. The van der Waals surface area contributed by atoms with Gasteiger partial charge in [0.05, 0.1) is 9.48 Å². The highest BCUT2D eigenvalue weighted by Crippen LogP contribution is 2.45. The first-order chi connectivity index (χ1) is 6.16. The highest BCUT2D eigenvalue weighted by Gasteiger charge is 2.29. The predicted octanol–water partition coefficient (Wildman–Crippen LogP) is 2.74. The van der Waals surface area contributed by atoms with Gasteiger partial charge in [0.1, 0.15) is 0 Å². The van der Waals surface area contributed by atoms with Gasteiger partial charge in [0.15, 0.2) is 5.13 Å². The number of hydrogen-bond donors (Lipinski definition) is 1. The van der Waals surface area contributed by atoms with E-state index in [1.807, 2.05) is 0 Å². The SMILES string of the molecule is CC(=O)Nc1nc(C2CC2)c(Br)s1. The van der Waals surface area contributed by atoms with E-state index in [0.29, 0.717) is 11.0 Å². The molecule has 1 aliphatic carbocycles. The number of amides is 1. The lowest BCUT2D eigenvalue weighted by Gasteiger charge is -1.92. The molecule has 3 nitrogen and oxygen atoms in total. The second kappa shape index (κ2) is 3.38. The van der Waals surface area contributed by atoms with E-state index in [2.05, 4.69) is 26.2 Å². The molecule has 1 amide bonds. The minimum absolute atomic E-state index is 0.0661. The number of halogens is 1. The van der Waals surface area contributed by atoms with Crippen LogP contribution >= 0.6 is 27.3 Å². The van der Waals surface area contributed by atoms with E-state index < -0.39 is 0 Å². The second-order valence-electron chi connectivity index (χ2n) is 3.13. The maximum atomic E-state index is 10.8. The fourth-order valence-electron chi connectivity index (χ4n) is 1.13. The number of thiazole rings is 1. The third-order valence-corrected chi connectivity index (χ3v) is 3.52. The lowest BCUT2D eigenvalue weighted by atomic mass is 10.3. The van der Waals surface area contributed by atoms with Gasteiger partial charge in [-0.3, -0.25) is 4.79 Å². The number of hydrogen-bond acceptors (Lipinski definition) is 3. The van der Waals surface area contributed by atoms with Crippen molar-refractivity contribution in [3.63, 3.8) is 0 Å². The summed E-state index contributed by atoms with van der Waals surface area (Å²) in [5.41, 5.74) is 1.11. The number of carbonyl (C=O) groups excluding carboxylic acids is 1. The fourth-order valence-corrected chi connectivity index (χ4v) is 2.82. The Kier molecular flexibility index (Phi) is 2.38. The van der Waals surface area contributed by atoms with Crippen LogP contribution in [0, 0.1) is 0 Å². The molecular formula is C8H9BrN2OS. The Morgan fingerprint density at radius 2 is 2.38 bits per heavy atom. The van der Waals surface area contributed by atoms with E-state index in [0.717, 1.165) is 9.48 Å². The maximum absolute atomic E-state index is 10.8. The van der Waals surface area contributed by atoms with Gasteiger partial charge in [-0.25, -0.2) is 4.98 Å². The van der Waals surface area contributed by atoms with Crippen LogP contribution < -0.4 is 5.32 Å². The van der Waals surface area contributed by atoms with Gasteiger partial charge in [-0.05, 0) is 28.8 Å². The molecule has 1 aromatic rings. The van der Waals surface area contributed by atoms with Gasteiger partial charge >= 0.3 is 0 Å². The van der Waals surface area contributed by atoms with Crippen LogP contribution in [-0.2, 0) is 4.79 Å². The minimum Gasteiger partial charge on any atom is -0.302 e. The van der Waals surface area contributed by atoms with Crippen molar-refractivity contribution in [2.45, 2.75) is 25.7 Å². The van der Waals surface area contributed by atoms with Gasteiger partial charge in [0, 0.05) is 12.8 Å². The summed E-state index contributed by atoms with van der Waals surface area (Å²) in [4.78, 5) is 15.1. The number of anilines is 1. The summed E-state index contributed by atoms with van der Waals surface area (Å²) >= 11 is 4.94. The summed E-state index contributed by atoms with van der Waals surface area (Å²) in [7, 11) is 0. The second-order valence-corrected chi connectivity index (χ2v) is 5.45. The molecule has 13 heavy (non-hydrogen) atoms. The highest BCUT2D eigenvalue weighted by molar-refractivity contribution is 9.11. The van der Waals surface area contributed by atoms with Crippen molar-refractivity contribution >= 4 is 38.3 Å². The Morgan fingerprint density at radius 3 is 2.92 bits per heavy atom. The Morgan fingerprint density at radius 1 is 1.69 bits per heavy atom. The van der Waals surface area contributed by atoms with Crippen LogP contribution in [0.2, 0.25) is 0 Å². The molecule has 0 saturated heterocycles. The summed E-state index contributed by atoms with van der Waals surface area (Å²) < 4.78 is 1.05. The zero-order valence-electron chi connectivity index (χ0n) is 7.13. The van der Waals surface area contributed by atoms with Crippen LogP contribution in [0.25, 0.3) is 0 Å². The zero-order chi connectivity index (χ0) is 9.42. The Balaban J connectivity index is 2.19. The molecule has 0 radical (unpaired) electrons. The van der Waals surface area contributed by atoms with Crippen molar-refractivity contribution in [1.82, 2.24) is 4.98 Å². The van der Waals surface area contributed by atoms with Crippen molar-refractivity contribution in [2.24, 2.45) is 0 Å². The van der Waals surface area contributed by atoms with E-state index in [9.17, 15) is 4.79 Å². The third kappa shape index (κ3) is 2.08. The molecule has 0 atom stereocenters. The van der Waals surface area contributed by atoms with Crippen molar-refractivity contribution < 1.29 is 4.79 Å². The van der Waals surface area contributed by atoms with Gasteiger partial charge in [-0.2, -0.15) is 0 Å². The van der Waals surface area contributed by atoms with Crippen LogP contribution in [0.1, 0.15) is 31.4 Å². The molecule has 1 fully saturated rings. The number of rotatable bonds is 2. The number of nitrogens with zero attached hydrogens (tertiary/aromatic N) is 1. The summed E-state index contributed by atoms with van der Waals surface area (Å²) in [5.74, 6) is 0.553. The third-order valence-electron chi connectivity index (χ3n) is 1.86. The van der Waals surface area contributed by atoms with E-state index in [1.54, 1.807) is 0 Å². The first-order valence-corrected chi connectivity index (χ1v) is 5.71. The molecule has 70 valence electrons. The quantitative estimate of drug-likeness (QED) is 0.889. The molecule has 1 aliphatic rings. The smallest absolute Gasteiger partial charge is 0.223 e. The van der Waals surface area contributed by atoms with Crippen molar-refractivity contribution in [2.75, 3.05) is 5.32 Å². The number of aromatic nitrogens is 1. The maximum Gasteiger partial charge on any atom is 0.223 e. The molecule has 1 N–H and O–H groups in total. The molecule has 0 unspecified atom stereocenters. The highest BCUT2D eigenvalue weighted by atomic mass is 79.9. The normalized spacial score (nSPS) is 15.8.